The third kappa shape index (κ3) is 2.43. The molecule has 0 atom stereocenters. The normalized spacial score (nSPS) is 10.6. The molecule has 2 aromatic heterocycles. The molecule has 6 heteroatoms. The van der Waals surface area contributed by atoms with Gasteiger partial charge in [0.1, 0.15) is 0 Å². The molecule has 2 aromatic rings. The minimum atomic E-state index is -0.346. The van der Waals surface area contributed by atoms with E-state index in [4.69, 9.17) is 0 Å². The SMILES string of the molecule is Cc1cnc(Cn2c(=O)ccn(C)c2=O)cc1Br. The van der Waals surface area contributed by atoms with Crippen molar-refractivity contribution in [2.75, 3.05) is 0 Å². The first kappa shape index (κ1) is 12.8. The van der Waals surface area contributed by atoms with Gasteiger partial charge in [-0.2, -0.15) is 0 Å². The van der Waals surface area contributed by atoms with Crippen LogP contribution in [0, 0.1) is 6.92 Å². The van der Waals surface area contributed by atoms with E-state index in [0.29, 0.717) is 5.69 Å². The van der Waals surface area contributed by atoms with Gasteiger partial charge in [0, 0.05) is 30.0 Å². The van der Waals surface area contributed by atoms with Crippen LogP contribution in [-0.4, -0.2) is 14.1 Å². The highest BCUT2D eigenvalue weighted by atomic mass is 79.9. The molecule has 0 aliphatic rings. The van der Waals surface area contributed by atoms with E-state index in [1.807, 2.05) is 13.0 Å². The van der Waals surface area contributed by atoms with Crippen LogP contribution in [0.1, 0.15) is 11.3 Å². The Morgan fingerprint density at radius 2 is 2.11 bits per heavy atom. The summed E-state index contributed by atoms with van der Waals surface area (Å²) >= 11 is 3.40. The first-order chi connectivity index (χ1) is 8.49. The monoisotopic (exact) mass is 309 g/mol. The van der Waals surface area contributed by atoms with Crippen LogP contribution in [-0.2, 0) is 13.6 Å². The van der Waals surface area contributed by atoms with E-state index in [1.165, 1.54) is 16.8 Å². The highest BCUT2D eigenvalue weighted by Gasteiger charge is 2.06. The molecule has 5 nitrogen and oxygen atoms in total. The van der Waals surface area contributed by atoms with Crippen LogP contribution in [0.2, 0.25) is 0 Å². The number of aromatic nitrogens is 3. The minimum absolute atomic E-state index is 0.172. The summed E-state index contributed by atoms with van der Waals surface area (Å²) in [5.74, 6) is 0. The fourth-order valence-corrected chi connectivity index (χ4v) is 1.91. The molecule has 0 amide bonds. The molecule has 2 heterocycles. The Hall–Kier alpha value is -1.69. The molecule has 0 unspecified atom stereocenters. The van der Waals surface area contributed by atoms with Crippen molar-refractivity contribution in [3.05, 3.63) is 61.1 Å². The maximum atomic E-state index is 11.8. The van der Waals surface area contributed by atoms with Crippen molar-refractivity contribution in [2.45, 2.75) is 13.5 Å². The molecule has 0 aliphatic carbocycles. The Bertz CT molecular complexity index is 703. The lowest BCUT2D eigenvalue weighted by atomic mass is 10.3. The van der Waals surface area contributed by atoms with Gasteiger partial charge in [-0.1, -0.05) is 15.9 Å². The number of rotatable bonds is 2. The third-order valence-electron chi connectivity index (χ3n) is 2.65. The lowest BCUT2D eigenvalue weighted by molar-refractivity contribution is 0.630. The van der Waals surface area contributed by atoms with Crippen LogP contribution in [0.3, 0.4) is 0 Å². The molecule has 0 bridgehead atoms. The molecule has 0 aromatic carbocycles. The predicted molar refractivity (Wildman–Crippen MR) is 71.7 cm³/mol. The third-order valence-corrected chi connectivity index (χ3v) is 3.51. The van der Waals surface area contributed by atoms with Crippen molar-refractivity contribution in [1.29, 1.82) is 0 Å². The Labute approximate surface area is 112 Å². The van der Waals surface area contributed by atoms with E-state index in [2.05, 4.69) is 20.9 Å². The van der Waals surface area contributed by atoms with Crippen LogP contribution in [0.25, 0.3) is 0 Å². The molecule has 94 valence electrons. The van der Waals surface area contributed by atoms with E-state index >= 15 is 0 Å². The molecule has 0 saturated heterocycles. The first-order valence-corrected chi connectivity index (χ1v) is 6.16. The van der Waals surface area contributed by atoms with Crippen LogP contribution in [0.4, 0.5) is 0 Å². The lowest BCUT2D eigenvalue weighted by Crippen LogP contribution is -2.38. The van der Waals surface area contributed by atoms with E-state index < -0.39 is 0 Å². The Morgan fingerprint density at radius 3 is 2.78 bits per heavy atom. The largest absolute Gasteiger partial charge is 0.331 e. The van der Waals surface area contributed by atoms with Gasteiger partial charge in [-0.05, 0) is 18.6 Å². The molecule has 0 saturated carbocycles. The zero-order chi connectivity index (χ0) is 13.3. The molecule has 0 aliphatic heterocycles. The molecule has 0 fully saturated rings. The average Bonchev–Trinajstić information content (AvgIpc) is 2.34. The van der Waals surface area contributed by atoms with Crippen molar-refractivity contribution < 1.29 is 0 Å². The topological polar surface area (TPSA) is 56.9 Å². The van der Waals surface area contributed by atoms with Crippen molar-refractivity contribution >= 4 is 15.9 Å². The van der Waals surface area contributed by atoms with E-state index in [-0.39, 0.29) is 17.8 Å². The average molecular weight is 310 g/mol. The molecule has 0 N–H and O–H groups in total. The first-order valence-electron chi connectivity index (χ1n) is 5.36. The van der Waals surface area contributed by atoms with E-state index in [9.17, 15) is 9.59 Å². The van der Waals surface area contributed by atoms with E-state index in [0.717, 1.165) is 14.6 Å². The van der Waals surface area contributed by atoms with Gasteiger partial charge >= 0.3 is 5.69 Å². The van der Waals surface area contributed by atoms with Crippen LogP contribution in [0.5, 0.6) is 0 Å². The maximum absolute atomic E-state index is 11.8. The molecule has 0 radical (unpaired) electrons. The van der Waals surface area contributed by atoms with Gasteiger partial charge in [0.05, 0.1) is 12.2 Å². The van der Waals surface area contributed by atoms with Crippen molar-refractivity contribution in [1.82, 2.24) is 14.1 Å². The van der Waals surface area contributed by atoms with Crippen LogP contribution < -0.4 is 11.2 Å². The smallest absolute Gasteiger partial charge is 0.303 e. The van der Waals surface area contributed by atoms with Gasteiger partial charge in [-0.25, -0.2) is 4.79 Å². The Kier molecular flexibility index (Phi) is 3.47. The lowest BCUT2D eigenvalue weighted by Gasteiger charge is -2.07. The zero-order valence-electron chi connectivity index (χ0n) is 10.1. The summed E-state index contributed by atoms with van der Waals surface area (Å²) < 4.78 is 3.43. The molecule has 0 spiro atoms. The van der Waals surface area contributed by atoms with Gasteiger partial charge in [-0.3, -0.25) is 14.3 Å². The zero-order valence-corrected chi connectivity index (χ0v) is 11.6. The summed E-state index contributed by atoms with van der Waals surface area (Å²) in [6, 6.07) is 3.18. The van der Waals surface area contributed by atoms with E-state index in [1.54, 1.807) is 13.2 Å². The number of pyridine rings is 1. The van der Waals surface area contributed by atoms with Crippen LogP contribution in [0.15, 0.2) is 38.6 Å². The van der Waals surface area contributed by atoms with Gasteiger partial charge in [0.2, 0.25) is 0 Å². The second-order valence-corrected chi connectivity index (χ2v) is 4.91. The number of hydrogen-bond donors (Lipinski definition) is 0. The van der Waals surface area contributed by atoms with Crippen LogP contribution >= 0.6 is 15.9 Å². The van der Waals surface area contributed by atoms with Gasteiger partial charge in [-0.15, -0.1) is 0 Å². The van der Waals surface area contributed by atoms with Gasteiger partial charge in [0.15, 0.2) is 0 Å². The number of nitrogens with zero attached hydrogens (tertiary/aromatic N) is 3. The summed E-state index contributed by atoms with van der Waals surface area (Å²) in [6.07, 6.45) is 3.16. The standard InChI is InChI=1S/C12H12BrN3O2/c1-8-6-14-9(5-10(8)13)7-16-11(17)3-4-15(2)12(16)18/h3-6H,7H2,1-2H3. The van der Waals surface area contributed by atoms with Crippen molar-refractivity contribution in [2.24, 2.45) is 7.05 Å². The second kappa shape index (κ2) is 4.89. The number of halogens is 1. The highest BCUT2D eigenvalue weighted by Crippen LogP contribution is 2.15. The Balaban J connectivity index is 2.46. The molecular formula is C12H12BrN3O2. The fraction of sp³-hybridized carbons (Fsp3) is 0.250. The number of hydrogen-bond acceptors (Lipinski definition) is 3. The molecule has 2 rings (SSSR count). The summed E-state index contributed by atoms with van der Waals surface area (Å²) in [7, 11) is 1.61. The van der Waals surface area contributed by atoms with Crippen molar-refractivity contribution in [3.8, 4) is 0 Å². The summed E-state index contributed by atoms with van der Waals surface area (Å²) in [6.45, 7) is 2.10. The van der Waals surface area contributed by atoms with Gasteiger partial charge in [0.25, 0.3) is 5.56 Å². The number of aryl methyl sites for hydroxylation is 2. The predicted octanol–water partition coefficient (Wildman–Crippen LogP) is 1.06. The summed E-state index contributed by atoms with van der Waals surface area (Å²) in [4.78, 5) is 27.7. The minimum Gasteiger partial charge on any atom is -0.303 e. The quantitative estimate of drug-likeness (QED) is 0.833. The van der Waals surface area contributed by atoms with Gasteiger partial charge < -0.3 is 4.57 Å². The fourth-order valence-electron chi connectivity index (χ4n) is 1.55. The summed E-state index contributed by atoms with van der Waals surface area (Å²) in [5, 5.41) is 0. The Morgan fingerprint density at radius 1 is 1.39 bits per heavy atom. The molecular weight excluding hydrogens is 298 g/mol. The second-order valence-electron chi connectivity index (χ2n) is 4.06. The van der Waals surface area contributed by atoms with Crippen molar-refractivity contribution in [3.63, 3.8) is 0 Å². The summed E-state index contributed by atoms with van der Waals surface area (Å²) in [5.41, 5.74) is 1.00. The molecule has 18 heavy (non-hydrogen) atoms. The highest BCUT2D eigenvalue weighted by molar-refractivity contribution is 9.10. The maximum Gasteiger partial charge on any atom is 0.331 e.